The molecule has 0 aromatic heterocycles. The predicted molar refractivity (Wildman–Crippen MR) is 160 cm³/mol. The lowest BCUT2D eigenvalue weighted by molar-refractivity contribution is 1.67. The molecule has 0 saturated heterocycles. The number of fused-ring (bicyclic) bond motifs is 2. The monoisotopic (exact) mass is 592 g/mol. The number of hydrogen-bond donors (Lipinski definition) is 0. The van der Waals surface area contributed by atoms with E-state index < -0.39 is 8.07 Å². The van der Waals surface area contributed by atoms with E-state index >= 15 is 0 Å². The fraction of sp³-hybridized carbons (Fsp3) is 0. The first kappa shape index (κ1) is 22.5. The van der Waals surface area contributed by atoms with Crippen molar-refractivity contribution >= 4 is 82.2 Å². The molecule has 0 N–H and O–H groups in total. The summed E-state index contributed by atoms with van der Waals surface area (Å²) in [5, 5.41) is 10.7. The summed E-state index contributed by atoms with van der Waals surface area (Å²) in [5.41, 5.74) is 0. The zero-order chi connectivity index (χ0) is 23.8. The molecule has 0 aliphatic rings. The number of rotatable bonds is 4. The maximum Gasteiger partial charge on any atom is 0.180 e. The van der Waals surface area contributed by atoms with E-state index in [1.165, 1.54) is 42.3 Å². The molecule has 0 amide bonds. The van der Waals surface area contributed by atoms with Gasteiger partial charge >= 0.3 is 0 Å². The van der Waals surface area contributed by atoms with E-state index in [2.05, 4.69) is 165 Å². The second-order valence-electron chi connectivity index (χ2n) is 8.76. The van der Waals surface area contributed by atoms with Crippen molar-refractivity contribution in [2.24, 2.45) is 0 Å². The third kappa shape index (κ3) is 3.61. The summed E-state index contributed by atoms with van der Waals surface area (Å²) in [7, 11) is -2.72. The van der Waals surface area contributed by atoms with Crippen molar-refractivity contribution in [1.29, 1.82) is 0 Å². The molecule has 0 unspecified atom stereocenters. The fourth-order valence-electron chi connectivity index (χ4n) is 5.51. The zero-order valence-corrected chi connectivity index (χ0v) is 23.1. The minimum Gasteiger partial charge on any atom is -0.0623 e. The van der Waals surface area contributed by atoms with Crippen LogP contribution in [0.25, 0.3) is 21.5 Å². The molecular formula is C32H22Br2Si. The van der Waals surface area contributed by atoms with Crippen molar-refractivity contribution in [3.8, 4) is 0 Å². The lowest BCUT2D eigenvalue weighted by atomic mass is 10.1. The molecule has 6 rings (SSSR count). The summed E-state index contributed by atoms with van der Waals surface area (Å²) in [5.74, 6) is 0. The molecule has 0 nitrogen and oxygen atoms in total. The Balaban J connectivity index is 1.88. The summed E-state index contributed by atoms with van der Waals surface area (Å²) in [6.07, 6.45) is 0. The van der Waals surface area contributed by atoms with Crippen LogP contribution in [0.15, 0.2) is 142 Å². The van der Waals surface area contributed by atoms with Crippen molar-refractivity contribution in [3.05, 3.63) is 142 Å². The first-order valence-electron chi connectivity index (χ1n) is 11.7. The van der Waals surface area contributed by atoms with Gasteiger partial charge in [0.25, 0.3) is 0 Å². The molecule has 0 fully saturated rings. The van der Waals surface area contributed by atoms with E-state index in [9.17, 15) is 0 Å². The maximum atomic E-state index is 3.83. The molecule has 0 bridgehead atoms. The van der Waals surface area contributed by atoms with Gasteiger partial charge in [-0.05, 0) is 54.4 Å². The van der Waals surface area contributed by atoms with Gasteiger partial charge in [0.15, 0.2) is 8.07 Å². The molecule has 168 valence electrons. The highest BCUT2D eigenvalue weighted by atomic mass is 79.9. The minimum atomic E-state index is -2.72. The Morgan fingerprint density at radius 2 is 0.714 bits per heavy atom. The third-order valence-electron chi connectivity index (χ3n) is 6.96. The second kappa shape index (κ2) is 9.23. The van der Waals surface area contributed by atoms with Gasteiger partial charge in [0, 0.05) is 8.95 Å². The summed E-state index contributed by atoms with van der Waals surface area (Å²) in [4.78, 5) is 0. The van der Waals surface area contributed by atoms with E-state index in [0.717, 1.165) is 8.95 Å². The molecule has 0 aliphatic carbocycles. The van der Waals surface area contributed by atoms with Crippen molar-refractivity contribution in [2.75, 3.05) is 0 Å². The van der Waals surface area contributed by atoms with Gasteiger partial charge in [0.1, 0.15) is 0 Å². The highest BCUT2D eigenvalue weighted by molar-refractivity contribution is 9.11. The van der Waals surface area contributed by atoms with Gasteiger partial charge in [-0.1, -0.05) is 153 Å². The molecular weight excluding hydrogens is 572 g/mol. The van der Waals surface area contributed by atoms with Crippen LogP contribution < -0.4 is 20.7 Å². The Kier molecular flexibility index (Phi) is 5.93. The molecule has 3 heteroatoms. The average molecular weight is 594 g/mol. The van der Waals surface area contributed by atoms with Gasteiger partial charge in [-0.2, -0.15) is 0 Å². The maximum absolute atomic E-state index is 3.83. The van der Waals surface area contributed by atoms with Crippen LogP contribution in [0, 0.1) is 0 Å². The third-order valence-corrected chi connectivity index (χ3v) is 13.2. The van der Waals surface area contributed by atoms with Gasteiger partial charge in [0.05, 0.1) is 0 Å². The Morgan fingerprint density at radius 3 is 1.14 bits per heavy atom. The van der Waals surface area contributed by atoms with Gasteiger partial charge in [-0.3, -0.25) is 0 Å². The summed E-state index contributed by atoms with van der Waals surface area (Å²) in [6, 6.07) is 49.0. The van der Waals surface area contributed by atoms with E-state index in [4.69, 9.17) is 0 Å². The minimum absolute atomic E-state index is 1.13. The van der Waals surface area contributed by atoms with Crippen molar-refractivity contribution in [2.45, 2.75) is 0 Å². The second-order valence-corrected chi connectivity index (χ2v) is 14.2. The van der Waals surface area contributed by atoms with Gasteiger partial charge < -0.3 is 0 Å². The first-order valence-corrected chi connectivity index (χ1v) is 15.3. The lowest BCUT2D eigenvalue weighted by Gasteiger charge is -2.36. The Morgan fingerprint density at radius 1 is 0.343 bits per heavy atom. The number of benzene rings is 6. The lowest BCUT2D eigenvalue weighted by Crippen LogP contribution is -2.75. The summed E-state index contributed by atoms with van der Waals surface area (Å²) in [6.45, 7) is 0. The standard InChI is InChI=1S/C32H22Br2Si/c33-29-19-7-17-27-25(29)15-9-21-31(27)35(23-11-3-1-4-12-23,24-13-5-2-6-14-24)32-22-10-16-26-28(32)18-8-20-30(26)34/h1-22H. The SMILES string of the molecule is Brc1cccc2c([Si](c3ccccc3)(c3ccccc3)c3cccc4c(Br)cccc34)cccc12. The van der Waals surface area contributed by atoms with Crippen LogP contribution in [-0.2, 0) is 0 Å². The van der Waals surface area contributed by atoms with Crippen molar-refractivity contribution < 1.29 is 0 Å². The van der Waals surface area contributed by atoms with E-state index in [0.29, 0.717) is 0 Å². The first-order chi connectivity index (χ1) is 17.2. The summed E-state index contributed by atoms with van der Waals surface area (Å²) < 4.78 is 2.25. The van der Waals surface area contributed by atoms with Crippen LogP contribution in [0.3, 0.4) is 0 Å². The molecule has 0 atom stereocenters. The molecule has 6 aromatic rings. The number of halogens is 2. The Bertz CT molecular complexity index is 1530. The van der Waals surface area contributed by atoms with Crippen LogP contribution in [-0.4, -0.2) is 8.07 Å². The largest absolute Gasteiger partial charge is 0.180 e. The number of hydrogen-bond acceptors (Lipinski definition) is 0. The molecule has 0 radical (unpaired) electrons. The van der Waals surface area contributed by atoms with Crippen LogP contribution in [0.5, 0.6) is 0 Å². The molecule has 35 heavy (non-hydrogen) atoms. The van der Waals surface area contributed by atoms with E-state index in [1.54, 1.807) is 0 Å². The van der Waals surface area contributed by atoms with Gasteiger partial charge in [0.2, 0.25) is 0 Å². The van der Waals surface area contributed by atoms with Crippen LogP contribution in [0.1, 0.15) is 0 Å². The molecule has 0 heterocycles. The highest BCUT2D eigenvalue weighted by Crippen LogP contribution is 2.27. The average Bonchev–Trinajstić information content (AvgIpc) is 2.91. The molecule has 0 aliphatic heterocycles. The van der Waals surface area contributed by atoms with E-state index in [1.807, 2.05) is 0 Å². The quantitative estimate of drug-likeness (QED) is 0.154. The van der Waals surface area contributed by atoms with E-state index in [-0.39, 0.29) is 0 Å². The molecule has 0 spiro atoms. The van der Waals surface area contributed by atoms with Crippen LogP contribution in [0.4, 0.5) is 0 Å². The normalized spacial score (nSPS) is 11.7. The Labute approximate surface area is 223 Å². The molecule has 6 aromatic carbocycles. The van der Waals surface area contributed by atoms with Gasteiger partial charge in [-0.25, -0.2) is 0 Å². The van der Waals surface area contributed by atoms with Crippen LogP contribution in [0.2, 0.25) is 0 Å². The fourth-order valence-corrected chi connectivity index (χ4v) is 11.7. The smallest absolute Gasteiger partial charge is 0.0623 e. The van der Waals surface area contributed by atoms with Crippen molar-refractivity contribution in [3.63, 3.8) is 0 Å². The van der Waals surface area contributed by atoms with Crippen LogP contribution >= 0.6 is 31.9 Å². The summed E-state index contributed by atoms with van der Waals surface area (Å²) >= 11 is 7.65. The van der Waals surface area contributed by atoms with Gasteiger partial charge in [-0.15, -0.1) is 0 Å². The Hall–Kier alpha value is -2.98. The zero-order valence-electron chi connectivity index (χ0n) is 19.0. The molecule has 0 saturated carbocycles. The van der Waals surface area contributed by atoms with Crippen molar-refractivity contribution in [1.82, 2.24) is 0 Å². The highest BCUT2D eigenvalue weighted by Gasteiger charge is 2.43. The topological polar surface area (TPSA) is 0 Å². The predicted octanol–water partition coefficient (Wildman–Crippen LogP) is 6.90.